The molecule has 2 aromatic rings. The minimum atomic E-state index is -1.03. The molecule has 1 heterocycles. The van der Waals surface area contributed by atoms with Gasteiger partial charge in [-0.25, -0.2) is 4.79 Å². The van der Waals surface area contributed by atoms with E-state index in [1.165, 1.54) is 18.0 Å². The molecule has 1 aromatic carbocycles. The molecule has 0 aliphatic heterocycles. The first-order chi connectivity index (χ1) is 11.8. The first kappa shape index (κ1) is 18.7. The molecule has 0 fully saturated rings. The third-order valence-electron chi connectivity index (χ3n) is 4.15. The molecule has 0 bridgehead atoms. The van der Waals surface area contributed by atoms with Crippen molar-refractivity contribution in [3.8, 4) is 0 Å². The van der Waals surface area contributed by atoms with Gasteiger partial charge in [-0.05, 0) is 25.3 Å². The van der Waals surface area contributed by atoms with Crippen LogP contribution in [-0.2, 0) is 17.9 Å². The molecule has 0 aliphatic carbocycles. The summed E-state index contributed by atoms with van der Waals surface area (Å²) in [7, 11) is 0. The van der Waals surface area contributed by atoms with Crippen molar-refractivity contribution in [1.82, 2.24) is 14.7 Å². The predicted octanol–water partition coefficient (Wildman–Crippen LogP) is 2.96. The number of carbonyl (C=O) groups is 2. The van der Waals surface area contributed by atoms with Gasteiger partial charge in [-0.2, -0.15) is 5.10 Å². The Balaban J connectivity index is 2.32. The van der Waals surface area contributed by atoms with E-state index in [1.807, 2.05) is 37.3 Å². The van der Waals surface area contributed by atoms with Gasteiger partial charge in [0.05, 0.1) is 11.8 Å². The van der Waals surface area contributed by atoms with Gasteiger partial charge in [-0.1, -0.05) is 44.2 Å². The number of carbonyl (C=O) groups excluding carboxylic acids is 1. The van der Waals surface area contributed by atoms with E-state index in [1.54, 1.807) is 4.68 Å². The Morgan fingerprint density at radius 3 is 2.40 bits per heavy atom. The Morgan fingerprint density at radius 2 is 1.84 bits per heavy atom. The van der Waals surface area contributed by atoms with Gasteiger partial charge in [0.1, 0.15) is 6.04 Å². The van der Waals surface area contributed by atoms with Crippen LogP contribution in [0, 0.1) is 12.8 Å². The van der Waals surface area contributed by atoms with Crippen LogP contribution in [0.2, 0.25) is 0 Å². The van der Waals surface area contributed by atoms with Crippen molar-refractivity contribution in [1.29, 1.82) is 0 Å². The van der Waals surface area contributed by atoms with E-state index in [0.717, 1.165) is 11.3 Å². The number of aromatic nitrogens is 2. The van der Waals surface area contributed by atoms with Crippen LogP contribution in [0.5, 0.6) is 0 Å². The van der Waals surface area contributed by atoms with Crippen molar-refractivity contribution >= 4 is 11.9 Å². The summed E-state index contributed by atoms with van der Waals surface area (Å²) in [6.07, 6.45) is 1.53. The zero-order valence-electron chi connectivity index (χ0n) is 15.1. The van der Waals surface area contributed by atoms with Crippen LogP contribution in [-0.4, -0.2) is 37.7 Å². The molecule has 0 radical (unpaired) electrons. The van der Waals surface area contributed by atoms with Crippen LogP contribution >= 0.6 is 0 Å². The van der Waals surface area contributed by atoms with Crippen molar-refractivity contribution in [3.63, 3.8) is 0 Å². The van der Waals surface area contributed by atoms with E-state index in [2.05, 4.69) is 18.9 Å². The summed E-state index contributed by atoms with van der Waals surface area (Å²) in [4.78, 5) is 25.9. The summed E-state index contributed by atoms with van der Waals surface area (Å²) in [5, 5.41) is 13.7. The van der Waals surface area contributed by atoms with Crippen molar-refractivity contribution in [2.24, 2.45) is 5.92 Å². The zero-order chi connectivity index (χ0) is 18.6. The molecule has 1 N–H and O–H groups in total. The highest BCUT2D eigenvalue weighted by atomic mass is 16.4. The lowest BCUT2D eigenvalue weighted by Crippen LogP contribution is -2.42. The number of benzene rings is 1. The highest BCUT2D eigenvalue weighted by Gasteiger charge is 2.29. The van der Waals surface area contributed by atoms with Crippen LogP contribution in [0.1, 0.15) is 42.4 Å². The van der Waals surface area contributed by atoms with E-state index in [-0.39, 0.29) is 12.5 Å². The van der Waals surface area contributed by atoms with Crippen LogP contribution in [0.15, 0.2) is 36.5 Å². The maximum atomic E-state index is 13.0. The van der Waals surface area contributed by atoms with Crippen LogP contribution in [0.4, 0.5) is 0 Å². The lowest BCUT2D eigenvalue weighted by molar-refractivity contribution is -0.141. The van der Waals surface area contributed by atoms with Gasteiger partial charge in [-0.15, -0.1) is 0 Å². The molecule has 6 nitrogen and oxygen atoms in total. The summed E-state index contributed by atoms with van der Waals surface area (Å²) in [5.41, 5.74) is 2.09. The fourth-order valence-electron chi connectivity index (χ4n) is 2.64. The van der Waals surface area contributed by atoms with E-state index >= 15 is 0 Å². The molecule has 1 unspecified atom stereocenters. The molecular weight excluding hydrogens is 318 g/mol. The van der Waals surface area contributed by atoms with Gasteiger partial charge < -0.3 is 10.0 Å². The lowest BCUT2D eigenvalue weighted by Gasteiger charge is -2.26. The zero-order valence-corrected chi connectivity index (χ0v) is 15.1. The highest BCUT2D eigenvalue weighted by molar-refractivity contribution is 5.97. The fraction of sp³-hybridized carbons (Fsp3) is 0.421. The van der Waals surface area contributed by atoms with Gasteiger partial charge >= 0.3 is 5.97 Å². The van der Waals surface area contributed by atoms with E-state index in [0.29, 0.717) is 18.0 Å². The van der Waals surface area contributed by atoms with Gasteiger partial charge in [-0.3, -0.25) is 9.48 Å². The summed E-state index contributed by atoms with van der Waals surface area (Å²) in [5.74, 6) is -0.942. The lowest BCUT2D eigenvalue weighted by atomic mass is 10.1. The number of hydrogen-bond donors (Lipinski definition) is 1. The summed E-state index contributed by atoms with van der Waals surface area (Å²) >= 11 is 0. The Hall–Kier alpha value is -2.63. The molecular formula is C19H25N3O3. The van der Waals surface area contributed by atoms with Crippen LogP contribution < -0.4 is 0 Å². The second kappa shape index (κ2) is 7.96. The van der Waals surface area contributed by atoms with E-state index in [4.69, 9.17) is 0 Å². The fourth-order valence-corrected chi connectivity index (χ4v) is 2.64. The maximum absolute atomic E-state index is 13.0. The number of amides is 1. The number of rotatable bonds is 7. The molecule has 2 rings (SSSR count). The number of carboxylic acids is 1. The number of aliphatic carboxylic acids is 1. The van der Waals surface area contributed by atoms with Gasteiger partial charge in [0.2, 0.25) is 0 Å². The van der Waals surface area contributed by atoms with Crippen LogP contribution in [0.3, 0.4) is 0 Å². The van der Waals surface area contributed by atoms with Crippen molar-refractivity contribution in [2.45, 2.75) is 46.8 Å². The largest absolute Gasteiger partial charge is 0.480 e. The van der Waals surface area contributed by atoms with E-state index < -0.39 is 12.0 Å². The van der Waals surface area contributed by atoms with Crippen LogP contribution in [0.25, 0.3) is 0 Å². The Morgan fingerprint density at radius 1 is 1.20 bits per heavy atom. The Kier molecular flexibility index (Phi) is 5.96. The second-order valence-corrected chi connectivity index (χ2v) is 6.65. The molecule has 6 heteroatoms. The van der Waals surface area contributed by atoms with Gasteiger partial charge in [0, 0.05) is 18.8 Å². The molecule has 1 atom stereocenters. The van der Waals surface area contributed by atoms with Gasteiger partial charge in [0.15, 0.2) is 0 Å². The molecule has 1 amide bonds. The summed E-state index contributed by atoms with van der Waals surface area (Å²) < 4.78 is 1.80. The summed E-state index contributed by atoms with van der Waals surface area (Å²) in [6, 6.07) is 8.45. The smallest absolute Gasteiger partial charge is 0.326 e. The minimum absolute atomic E-state index is 0.238. The van der Waals surface area contributed by atoms with Crippen molar-refractivity contribution in [3.05, 3.63) is 53.3 Å². The van der Waals surface area contributed by atoms with Crippen molar-refractivity contribution in [2.75, 3.05) is 0 Å². The average molecular weight is 343 g/mol. The molecule has 0 spiro atoms. The molecule has 25 heavy (non-hydrogen) atoms. The quantitative estimate of drug-likeness (QED) is 0.838. The topological polar surface area (TPSA) is 75.4 Å². The molecule has 1 aromatic heterocycles. The molecule has 0 saturated heterocycles. The number of carboxylic acid groups (broad SMARTS) is 1. The Labute approximate surface area is 148 Å². The maximum Gasteiger partial charge on any atom is 0.326 e. The first-order valence-corrected chi connectivity index (χ1v) is 8.41. The average Bonchev–Trinajstić information content (AvgIpc) is 2.92. The van der Waals surface area contributed by atoms with Gasteiger partial charge in [0.25, 0.3) is 5.91 Å². The normalized spacial score (nSPS) is 12.2. The number of nitrogens with zero attached hydrogens (tertiary/aromatic N) is 3. The third kappa shape index (κ3) is 4.47. The SMILES string of the molecule is Cc1c(C(=O)N(Cc2ccccc2)C(C)C(=O)O)cnn1CC(C)C. The molecule has 0 saturated carbocycles. The minimum Gasteiger partial charge on any atom is -0.480 e. The monoisotopic (exact) mass is 343 g/mol. The predicted molar refractivity (Wildman–Crippen MR) is 95.2 cm³/mol. The third-order valence-corrected chi connectivity index (χ3v) is 4.15. The molecule has 0 aliphatic rings. The Bertz CT molecular complexity index is 738. The van der Waals surface area contributed by atoms with E-state index in [9.17, 15) is 14.7 Å². The summed E-state index contributed by atoms with van der Waals surface area (Å²) in [6.45, 7) is 8.48. The highest BCUT2D eigenvalue weighted by Crippen LogP contribution is 2.17. The first-order valence-electron chi connectivity index (χ1n) is 8.41. The van der Waals surface area contributed by atoms with Crippen molar-refractivity contribution < 1.29 is 14.7 Å². The second-order valence-electron chi connectivity index (χ2n) is 6.65. The molecule has 134 valence electrons. The number of hydrogen-bond acceptors (Lipinski definition) is 3. The standard InChI is InChI=1S/C19H25N3O3/c1-13(2)11-22-14(3)17(10-20-22)18(23)21(15(4)19(24)25)12-16-8-6-5-7-9-16/h5-10,13,15H,11-12H2,1-4H3,(H,24,25).